The fourth-order valence-electron chi connectivity index (χ4n) is 3.72. The molecule has 2 unspecified atom stereocenters. The summed E-state index contributed by atoms with van der Waals surface area (Å²) in [6.07, 6.45) is 4.23. The molecule has 2 atom stereocenters. The lowest BCUT2D eigenvalue weighted by atomic mass is 9.89. The van der Waals surface area contributed by atoms with Gasteiger partial charge in [-0.05, 0) is 49.9 Å². The van der Waals surface area contributed by atoms with Crippen molar-refractivity contribution in [1.82, 2.24) is 15.6 Å². The van der Waals surface area contributed by atoms with Gasteiger partial charge in [0.15, 0.2) is 5.96 Å². The molecule has 30 heavy (non-hydrogen) atoms. The highest BCUT2D eigenvalue weighted by molar-refractivity contribution is 5.79. The number of rotatable bonds is 7. The highest BCUT2D eigenvalue weighted by Crippen LogP contribution is 2.33. The Morgan fingerprint density at radius 1 is 1.20 bits per heavy atom. The number of ether oxygens (including phenoxy) is 1. The number of aliphatic imine (C=N–C) groups is 1. The molecule has 0 amide bonds. The number of hydrogen-bond acceptors (Lipinski definition) is 4. The summed E-state index contributed by atoms with van der Waals surface area (Å²) in [6, 6.07) is 12.8. The van der Waals surface area contributed by atoms with E-state index in [4.69, 9.17) is 9.73 Å². The topological polar surface area (TPSA) is 61.8 Å². The molecule has 0 aliphatic carbocycles. The average Bonchev–Trinajstić information content (AvgIpc) is 2.76. The molecule has 0 radical (unpaired) electrons. The minimum Gasteiger partial charge on any atom is -0.373 e. The third-order valence-corrected chi connectivity index (χ3v) is 5.41. The maximum atomic E-state index is 6.16. The van der Waals surface area contributed by atoms with Gasteiger partial charge >= 0.3 is 0 Å². The molecule has 1 aliphatic heterocycles. The number of hydrogen-bond donors (Lipinski definition) is 2. The Morgan fingerprint density at radius 2 is 2.00 bits per heavy atom. The van der Waals surface area contributed by atoms with Crippen LogP contribution in [0.3, 0.4) is 0 Å². The van der Waals surface area contributed by atoms with E-state index in [2.05, 4.69) is 59.8 Å². The predicted molar refractivity (Wildman–Crippen MR) is 124 cm³/mol. The minimum absolute atomic E-state index is 0.137. The number of aryl methyl sites for hydroxylation is 1. The van der Waals surface area contributed by atoms with Gasteiger partial charge in [0.2, 0.25) is 0 Å². The van der Waals surface area contributed by atoms with Crippen molar-refractivity contribution in [2.75, 3.05) is 38.7 Å². The third kappa shape index (κ3) is 6.20. The minimum atomic E-state index is 0.137. The van der Waals surface area contributed by atoms with Gasteiger partial charge in [-0.25, -0.2) is 9.98 Å². The van der Waals surface area contributed by atoms with Crippen LogP contribution in [-0.4, -0.2) is 44.7 Å². The van der Waals surface area contributed by atoms with E-state index in [0.717, 1.165) is 49.9 Å². The standard InChI is InChI=1S/C24H35N5O/c1-5-25-24(27-16-19-12-13-26-22(15-19)29(3)4)28-17-21-7-6-14-30-23(21)20-10-8-18(2)9-11-20/h8-13,15,21,23H,5-7,14,16-17H2,1-4H3,(H2,25,27,28). The van der Waals surface area contributed by atoms with E-state index in [1.165, 1.54) is 11.1 Å². The van der Waals surface area contributed by atoms with E-state index < -0.39 is 0 Å². The molecule has 0 saturated carbocycles. The molecule has 0 spiro atoms. The predicted octanol–water partition coefficient (Wildman–Crippen LogP) is 3.68. The van der Waals surface area contributed by atoms with Crippen LogP contribution in [0.5, 0.6) is 0 Å². The first-order valence-corrected chi connectivity index (χ1v) is 10.9. The van der Waals surface area contributed by atoms with Gasteiger partial charge in [0.25, 0.3) is 0 Å². The van der Waals surface area contributed by atoms with Crippen molar-refractivity contribution in [3.63, 3.8) is 0 Å². The fraction of sp³-hybridized carbons (Fsp3) is 0.500. The zero-order chi connectivity index (χ0) is 21.3. The van der Waals surface area contributed by atoms with Crippen molar-refractivity contribution in [3.05, 3.63) is 59.3 Å². The molecule has 2 heterocycles. The number of pyridine rings is 1. The number of anilines is 1. The molecular weight excluding hydrogens is 374 g/mol. The highest BCUT2D eigenvalue weighted by Gasteiger charge is 2.27. The van der Waals surface area contributed by atoms with Crippen molar-refractivity contribution in [3.8, 4) is 0 Å². The van der Waals surface area contributed by atoms with Crippen LogP contribution >= 0.6 is 0 Å². The van der Waals surface area contributed by atoms with E-state index >= 15 is 0 Å². The third-order valence-electron chi connectivity index (χ3n) is 5.41. The van der Waals surface area contributed by atoms with Crippen LogP contribution in [0.2, 0.25) is 0 Å². The van der Waals surface area contributed by atoms with Crippen LogP contribution in [0.4, 0.5) is 5.82 Å². The van der Waals surface area contributed by atoms with Crippen LogP contribution in [0.15, 0.2) is 47.6 Å². The van der Waals surface area contributed by atoms with Gasteiger partial charge in [-0.15, -0.1) is 0 Å². The summed E-state index contributed by atoms with van der Waals surface area (Å²) < 4.78 is 6.16. The zero-order valence-electron chi connectivity index (χ0n) is 18.7. The number of guanidine groups is 1. The summed E-state index contributed by atoms with van der Waals surface area (Å²) in [6.45, 7) is 7.32. The monoisotopic (exact) mass is 409 g/mol. The van der Waals surface area contributed by atoms with Crippen molar-refractivity contribution in [2.45, 2.75) is 39.3 Å². The lowest BCUT2D eigenvalue weighted by Crippen LogP contribution is -2.42. The normalized spacial score (nSPS) is 19.4. The van der Waals surface area contributed by atoms with Crippen LogP contribution in [-0.2, 0) is 11.3 Å². The molecule has 6 heteroatoms. The van der Waals surface area contributed by atoms with Gasteiger partial charge in [-0.2, -0.15) is 0 Å². The molecule has 2 aromatic rings. The highest BCUT2D eigenvalue weighted by atomic mass is 16.5. The second-order valence-corrected chi connectivity index (χ2v) is 8.10. The fourth-order valence-corrected chi connectivity index (χ4v) is 3.72. The Labute approximate surface area is 180 Å². The first kappa shape index (κ1) is 22.1. The van der Waals surface area contributed by atoms with E-state index in [1.54, 1.807) is 0 Å². The SMILES string of the molecule is CCNC(=NCc1ccnc(N(C)C)c1)NCC1CCCOC1c1ccc(C)cc1. The van der Waals surface area contributed by atoms with Crippen LogP contribution in [0.25, 0.3) is 0 Å². The van der Waals surface area contributed by atoms with Crippen molar-refractivity contribution >= 4 is 11.8 Å². The molecule has 1 saturated heterocycles. The van der Waals surface area contributed by atoms with E-state index in [-0.39, 0.29) is 6.10 Å². The van der Waals surface area contributed by atoms with Crippen molar-refractivity contribution < 1.29 is 4.74 Å². The maximum absolute atomic E-state index is 6.16. The number of aromatic nitrogens is 1. The molecule has 1 fully saturated rings. The van der Waals surface area contributed by atoms with Crippen LogP contribution < -0.4 is 15.5 Å². The summed E-state index contributed by atoms with van der Waals surface area (Å²) >= 11 is 0. The summed E-state index contributed by atoms with van der Waals surface area (Å²) in [4.78, 5) is 11.2. The van der Waals surface area contributed by atoms with Crippen molar-refractivity contribution in [1.29, 1.82) is 0 Å². The molecule has 3 rings (SSSR count). The smallest absolute Gasteiger partial charge is 0.191 e. The summed E-state index contributed by atoms with van der Waals surface area (Å²) in [7, 11) is 4.00. The zero-order valence-corrected chi connectivity index (χ0v) is 18.7. The molecule has 6 nitrogen and oxygen atoms in total. The lowest BCUT2D eigenvalue weighted by Gasteiger charge is -2.32. The summed E-state index contributed by atoms with van der Waals surface area (Å²) in [5.41, 5.74) is 3.69. The Bertz CT molecular complexity index is 819. The Balaban J connectivity index is 1.64. The summed E-state index contributed by atoms with van der Waals surface area (Å²) in [5.74, 6) is 2.21. The Morgan fingerprint density at radius 3 is 2.73 bits per heavy atom. The Hall–Kier alpha value is -2.60. The van der Waals surface area contributed by atoms with Gasteiger partial charge in [-0.3, -0.25) is 0 Å². The largest absolute Gasteiger partial charge is 0.373 e. The number of nitrogens with zero attached hydrogens (tertiary/aromatic N) is 3. The van der Waals surface area contributed by atoms with Crippen LogP contribution in [0, 0.1) is 12.8 Å². The first-order chi connectivity index (χ1) is 14.6. The first-order valence-electron chi connectivity index (χ1n) is 10.9. The molecular formula is C24H35N5O. The molecule has 162 valence electrons. The lowest BCUT2D eigenvalue weighted by molar-refractivity contribution is -0.0265. The van der Waals surface area contributed by atoms with Gasteiger partial charge in [0.1, 0.15) is 5.82 Å². The summed E-state index contributed by atoms with van der Waals surface area (Å²) in [5, 5.41) is 6.91. The van der Waals surface area contributed by atoms with E-state index in [0.29, 0.717) is 12.5 Å². The van der Waals surface area contributed by atoms with Gasteiger partial charge in [0.05, 0.1) is 12.6 Å². The Kier molecular flexibility index (Phi) is 8.08. The van der Waals surface area contributed by atoms with Crippen LogP contribution in [0.1, 0.15) is 42.6 Å². The van der Waals surface area contributed by atoms with E-state index in [1.807, 2.05) is 31.3 Å². The number of nitrogens with one attached hydrogen (secondary N) is 2. The second-order valence-electron chi connectivity index (χ2n) is 8.10. The van der Waals surface area contributed by atoms with Gasteiger partial charge < -0.3 is 20.3 Å². The van der Waals surface area contributed by atoms with Gasteiger partial charge in [0, 0.05) is 45.9 Å². The molecule has 1 aromatic carbocycles. The molecule has 1 aromatic heterocycles. The second kappa shape index (κ2) is 11.0. The van der Waals surface area contributed by atoms with Gasteiger partial charge in [-0.1, -0.05) is 29.8 Å². The maximum Gasteiger partial charge on any atom is 0.191 e. The quantitative estimate of drug-likeness (QED) is 0.540. The molecule has 0 bridgehead atoms. The number of benzene rings is 1. The molecule has 1 aliphatic rings. The van der Waals surface area contributed by atoms with E-state index in [9.17, 15) is 0 Å². The van der Waals surface area contributed by atoms with Crippen molar-refractivity contribution in [2.24, 2.45) is 10.9 Å². The molecule has 2 N–H and O–H groups in total. The average molecular weight is 410 g/mol.